The number of aryl methyl sites for hydroxylation is 2. The van der Waals surface area contributed by atoms with Crippen molar-refractivity contribution < 1.29 is 14.3 Å². The fourth-order valence-electron chi connectivity index (χ4n) is 2.68. The minimum absolute atomic E-state index is 0.147. The van der Waals surface area contributed by atoms with Gasteiger partial charge in [-0.3, -0.25) is 10.1 Å². The van der Waals surface area contributed by atoms with Crippen LogP contribution < -0.4 is 10.6 Å². The number of carbonyl (C=O) groups excluding carboxylic acids is 1. The summed E-state index contributed by atoms with van der Waals surface area (Å²) in [5.74, 6) is 0.899. The number of nitrogens with one attached hydrogen (secondary N) is 2. The summed E-state index contributed by atoms with van der Waals surface area (Å²) >= 11 is 5.30. The number of hydrogen-bond acceptors (Lipinski definition) is 4. The molecular formula is C21H20N2O3S. The first-order chi connectivity index (χ1) is 13.0. The van der Waals surface area contributed by atoms with Gasteiger partial charge in [-0.2, -0.15) is 0 Å². The molecule has 3 N–H and O–H groups in total. The molecule has 0 bridgehead atoms. The van der Waals surface area contributed by atoms with Gasteiger partial charge in [0.2, 0.25) is 0 Å². The van der Waals surface area contributed by atoms with Crippen LogP contribution in [0.4, 0.5) is 5.69 Å². The molecule has 1 heterocycles. The van der Waals surface area contributed by atoms with Crippen LogP contribution in [0.15, 0.2) is 59.0 Å². The second-order valence-electron chi connectivity index (χ2n) is 6.18. The molecule has 0 fully saturated rings. The number of rotatable bonds is 4. The minimum atomic E-state index is -0.252. The van der Waals surface area contributed by atoms with Gasteiger partial charge in [-0.05, 0) is 61.5 Å². The molecule has 0 aliphatic heterocycles. The summed E-state index contributed by atoms with van der Waals surface area (Å²) in [7, 11) is 0. The maximum absolute atomic E-state index is 12.4. The Morgan fingerprint density at radius 3 is 2.56 bits per heavy atom. The van der Waals surface area contributed by atoms with Crippen molar-refractivity contribution in [3.63, 3.8) is 0 Å². The van der Waals surface area contributed by atoms with E-state index >= 15 is 0 Å². The van der Waals surface area contributed by atoms with E-state index in [2.05, 4.69) is 10.6 Å². The predicted molar refractivity (Wildman–Crippen MR) is 110 cm³/mol. The van der Waals surface area contributed by atoms with Crippen molar-refractivity contribution in [3.8, 4) is 11.3 Å². The number of aliphatic hydroxyl groups excluding tert-OH is 1. The fraction of sp³-hybridized carbons (Fsp3) is 0.143. The maximum Gasteiger partial charge on any atom is 0.257 e. The smallest absolute Gasteiger partial charge is 0.257 e. The van der Waals surface area contributed by atoms with Gasteiger partial charge in [-0.25, -0.2) is 0 Å². The summed E-state index contributed by atoms with van der Waals surface area (Å²) in [5, 5.41) is 15.2. The van der Waals surface area contributed by atoms with Crippen LogP contribution in [-0.2, 0) is 6.61 Å². The van der Waals surface area contributed by atoms with Crippen LogP contribution in [0.25, 0.3) is 11.3 Å². The molecule has 0 atom stereocenters. The molecule has 0 saturated heterocycles. The molecule has 0 radical (unpaired) electrons. The van der Waals surface area contributed by atoms with Crippen LogP contribution in [-0.4, -0.2) is 16.1 Å². The molecule has 3 aromatic rings. The van der Waals surface area contributed by atoms with Crippen LogP contribution in [0, 0.1) is 13.8 Å². The zero-order valence-electron chi connectivity index (χ0n) is 15.1. The van der Waals surface area contributed by atoms with Gasteiger partial charge in [0.1, 0.15) is 18.1 Å². The van der Waals surface area contributed by atoms with Crippen molar-refractivity contribution in [2.75, 3.05) is 5.32 Å². The zero-order valence-corrected chi connectivity index (χ0v) is 15.9. The number of anilines is 1. The number of hydrogen-bond donors (Lipinski definition) is 3. The summed E-state index contributed by atoms with van der Waals surface area (Å²) in [6.07, 6.45) is 0. The lowest BCUT2D eigenvalue weighted by molar-refractivity contribution is 0.0977. The van der Waals surface area contributed by atoms with Gasteiger partial charge in [-0.15, -0.1) is 0 Å². The second-order valence-corrected chi connectivity index (χ2v) is 6.59. The highest BCUT2D eigenvalue weighted by Gasteiger charge is 2.12. The third-order valence-corrected chi connectivity index (χ3v) is 4.41. The Bertz CT molecular complexity index is 995. The molecule has 0 spiro atoms. The van der Waals surface area contributed by atoms with Crippen LogP contribution in [0.2, 0.25) is 0 Å². The van der Waals surface area contributed by atoms with Gasteiger partial charge in [0, 0.05) is 16.8 Å². The standard InChI is InChI=1S/C21H20N2O3S/c1-13-5-3-4-6-17(13)20(25)23-21(27)22-18-11-15(8-7-14(18)2)19-10-9-16(12-24)26-19/h3-11,24H,12H2,1-2H3,(H2,22,23,25,27). The first-order valence-electron chi connectivity index (χ1n) is 8.46. The molecule has 6 heteroatoms. The van der Waals surface area contributed by atoms with Gasteiger partial charge in [0.15, 0.2) is 5.11 Å². The number of aliphatic hydroxyl groups is 1. The molecule has 1 amide bonds. The summed E-state index contributed by atoms with van der Waals surface area (Å²) in [5.41, 5.74) is 4.05. The first-order valence-corrected chi connectivity index (χ1v) is 8.87. The van der Waals surface area contributed by atoms with E-state index in [0.29, 0.717) is 17.1 Å². The summed E-state index contributed by atoms with van der Waals surface area (Å²) < 4.78 is 5.57. The van der Waals surface area contributed by atoms with E-state index in [1.165, 1.54) is 0 Å². The lowest BCUT2D eigenvalue weighted by atomic mass is 10.1. The Morgan fingerprint density at radius 1 is 1.07 bits per heavy atom. The Labute approximate surface area is 163 Å². The van der Waals surface area contributed by atoms with Crippen LogP contribution in [0.5, 0.6) is 0 Å². The van der Waals surface area contributed by atoms with E-state index in [9.17, 15) is 4.79 Å². The highest BCUT2D eigenvalue weighted by Crippen LogP contribution is 2.27. The quantitative estimate of drug-likeness (QED) is 0.592. The Morgan fingerprint density at radius 2 is 1.85 bits per heavy atom. The molecule has 2 aromatic carbocycles. The van der Waals surface area contributed by atoms with E-state index in [4.69, 9.17) is 21.7 Å². The Balaban J connectivity index is 1.74. The summed E-state index contributed by atoms with van der Waals surface area (Å²) in [6, 6.07) is 16.6. The summed E-state index contributed by atoms with van der Waals surface area (Å²) in [4.78, 5) is 12.4. The summed E-state index contributed by atoms with van der Waals surface area (Å²) in [6.45, 7) is 3.67. The fourth-order valence-corrected chi connectivity index (χ4v) is 2.88. The van der Waals surface area contributed by atoms with E-state index in [0.717, 1.165) is 22.4 Å². The SMILES string of the molecule is Cc1ccc(-c2ccc(CO)o2)cc1NC(=S)NC(=O)c1ccccc1C. The van der Waals surface area contributed by atoms with Gasteiger partial charge < -0.3 is 14.8 Å². The van der Waals surface area contributed by atoms with Crippen molar-refractivity contribution in [3.05, 3.63) is 77.0 Å². The molecule has 0 unspecified atom stereocenters. The Hall–Kier alpha value is -2.96. The lowest BCUT2D eigenvalue weighted by Gasteiger charge is -2.13. The second kappa shape index (κ2) is 8.16. The number of carbonyl (C=O) groups is 1. The number of amides is 1. The predicted octanol–water partition coefficient (Wildman–Crippen LogP) is 4.18. The molecule has 5 nitrogen and oxygen atoms in total. The molecule has 138 valence electrons. The van der Waals surface area contributed by atoms with Crippen molar-refractivity contribution in [1.29, 1.82) is 0 Å². The average molecular weight is 380 g/mol. The van der Waals surface area contributed by atoms with E-state index in [1.807, 2.05) is 50.2 Å². The van der Waals surface area contributed by atoms with Gasteiger partial charge in [0.05, 0.1) is 0 Å². The average Bonchev–Trinajstić information content (AvgIpc) is 3.13. The maximum atomic E-state index is 12.4. The largest absolute Gasteiger partial charge is 0.459 e. The van der Waals surface area contributed by atoms with Gasteiger partial charge in [-0.1, -0.05) is 30.3 Å². The van der Waals surface area contributed by atoms with E-state index in [1.54, 1.807) is 18.2 Å². The molecule has 27 heavy (non-hydrogen) atoms. The van der Waals surface area contributed by atoms with Crippen LogP contribution >= 0.6 is 12.2 Å². The minimum Gasteiger partial charge on any atom is -0.459 e. The molecule has 0 saturated carbocycles. The normalized spacial score (nSPS) is 10.5. The highest BCUT2D eigenvalue weighted by molar-refractivity contribution is 7.80. The van der Waals surface area contributed by atoms with Crippen molar-refractivity contribution in [1.82, 2.24) is 5.32 Å². The van der Waals surface area contributed by atoms with Crippen molar-refractivity contribution in [2.24, 2.45) is 0 Å². The lowest BCUT2D eigenvalue weighted by Crippen LogP contribution is -2.34. The molecular weight excluding hydrogens is 360 g/mol. The highest BCUT2D eigenvalue weighted by atomic mass is 32.1. The van der Waals surface area contributed by atoms with E-state index in [-0.39, 0.29) is 17.6 Å². The third kappa shape index (κ3) is 4.42. The Kier molecular flexibility index (Phi) is 5.69. The van der Waals surface area contributed by atoms with Crippen molar-refractivity contribution in [2.45, 2.75) is 20.5 Å². The number of thiocarbonyl (C=S) groups is 1. The van der Waals surface area contributed by atoms with E-state index < -0.39 is 0 Å². The molecule has 1 aromatic heterocycles. The number of furan rings is 1. The van der Waals surface area contributed by atoms with Crippen LogP contribution in [0.1, 0.15) is 27.2 Å². The van der Waals surface area contributed by atoms with Gasteiger partial charge in [0.25, 0.3) is 5.91 Å². The topological polar surface area (TPSA) is 74.5 Å². The first kappa shape index (κ1) is 18.8. The molecule has 3 rings (SSSR count). The third-order valence-electron chi connectivity index (χ3n) is 4.20. The molecule has 0 aliphatic carbocycles. The monoisotopic (exact) mass is 380 g/mol. The van der Waals surface area contributed by atoms with Gasteiger partial charge >= 0.3 is 0 Å². The van der Waals surface area contributed by atoms with Crippen molar-refractivity contribution >= 4 is 28.9 Å². The number of benzene rings is 2. The zero-order chi connectivity index (χ0) is 19.4. The van der Waals surface area contributed by atoms with Crippen LogP contribution in [0.3, 0.4) is 0 Å². The molecule has 0 aliphatic rings.